The molecule has 2 rings (SSSR count). The van der Waals surface area contributed by atoms with Crippen LogP contribution in [0.2, 0.25) is 0 Å². The highest BCUT2D eigenvalue weighted by atomic mass is 127. The Hall–Kier alpha value is -0.610. The molecule has 1 unspecified atom stereocenters. The molecule has 2 saturated heterocycles. The smallest absolute Gasteiger partial charge is 0.233 e. The van der Waals surface area contributed by atoms with E-state index in [0.717, 1.165) is 44.4 Å². The van der Waals surface area contributed by atoms with E-state index in [0.29, 0.717) is 18.5 Å². The quantitative estimate of drug-likeness (QED) is 0.275. The molecule has 1 atom stereocenters. The fourth-order valence-electron chi connectivity index (χ4n) is 4.15. The van der Waals surface area contributed by atoms with E-state index < -0.39 is 0 Å². The maximum atomic E-state index is 11.5. The molecule has 0 bridgehead atoms. The second-order valence-corrected chi connectivity index (χ2v) is 8.48. The van der Waals surface area contributed by atoms with E-state index in [1.54, 1.807) is 7.05 Å². The highest BCUT2D eigenvalue weighted by molar-refractivity contribution is 14.0. The van der Waals surface area contributed by atoms with E-state index in [9.17, 15) is 4.79 Å². The van der Waals surface area contributed by atoms with Gasteiger partial charge >= 0.3 is 0 Å². The Morgan fingerprint density at radius 2 is 1.86 bits per heavy atom. The number of carbonyl (C=O) groups excluding carboxylic acids is 1. The first-order valence-corrected chi connectivity index (χ1v) is 10.6. The van der Waals surface area contributed by atoms with Gasteiger partial charge in [0.1, 0.15) is 0 Å². The maximum Gasteiger partial charge on any atom is 0.233 e. The molecule has 2 heterocycles. The number of hydrogen-bond donors (Lipinski definition) is 3. The molecular weight excluding hydrogens is 467 g/mol. The summed E-state index contributed by atoms with van der Waals surface area (Å²) < 4.78 is 0. The van der Waals surface area contributed by atoms with E-state index in [-0.39, 0.29) is 29.9 Å². The molecule has 3 N–H and O–H groups in total. The maximum absolute atomic E-state index is 11.5. The number of piperidine rings is 2. The van der Waals surface area contributed by atoms with Crippen LogP contribution in [-0.4, -0.2) is 87.6 Å². The molecule has 2 aliphatic heterocycles. The summed E-state index contributed by atoms with van der Waals surface area (Å²) in [7, 11) is 3.54. The third kappa shape index (κ3) is 9.26. The lowest BCUT2D eigenvalue weighted by Gasteiger charge is -2.35. The van der Waals surface area contributed by atoms with Crippen LogP contribution < -0.4 is 16.0 Å². The first kappa shape index (κ1) is 25.4. The van der Waals surface area contributed by atoms with E-state index in [1.807, 2.05) is 7.05 Å². The van der Waals surface area contributed by atoms with E-state index in [4.69, 9.17) is 0 Å². The molecule has 0 aromatic heterocycles. The molecule has 7 nitrogen and oxygen atoms in total. The third-order valence-corrected chi connectivity index (χ3v) is 5.58. The minimum atomic E-state index is 0. The third-order valence-electron chi connectivity index (χ3n) is 5.58. The Bertz CT molecular complexity index is 479. The van der Waals surface area contributed by atoms with Gasteiger partial charge in [-0.2, -0.15) is 0 Å². The summed E-state index contributed by atoms with van der Waals surface area (Å²) in [5.74, 6) is 2.45. The summed E-state index contributed by atoms with van der Waals surface area (Å²) >= 11 is 0. The molecule has 0 radical (unpaired) electrons. The number of nitrogens with one attached hydrogen (secondary N) is 3. The van der Waals surface area contributed by atoms with E-state index in [2.05, 4.69) is 44.6 Å². The average molecular weight is 508 g/mol. The monoisotopic (exact) mass is 508 g/mol. The lowest BCUT2D eigenvalue weighted by atomic mass is 9.97. The Kier molecular flexibility index (Phi) is 12.3. The van der Waals surface area contributed by atoms with Crippen molar-refractivity contribution in [1.82, 2.24) is 25.8 Å². The van der Waals surface area contributed by atoms with Gasteiger partial charge < -0.3 is 20.9 Å². The lowest BCUT2D eigenvalue weighted by Crippen LogP contribution is -2.51. The summed E-state index contributed by atoms with van der Waals surface area (Å²) in [5.41, 5.74) is 0. The van der Waals surface area contributed by atoms with Crippen molar-refractivity contribution in [1.29, 1.82) is 0 Å². The lowest BCUT2D eigenvalue weighted by molar-refractivity contribution is -0.122. The minimum Gasteiger partial charge on any atom is -0.358 e. The van der Waals surface area contributed by atoms with Gasteiger partial charge in [-0.1, -0.05) is 13.8 Å². The summed E-state index contributed by atoms with van der Waals surface area (Å²) in [4.78, 5) is 20.8. The van der Waals surface area contributed by atoms with Gasteiger partial charge in [-0.05, 0) is 44.1 Å². The molecule has 164 valence electrons. The normalized spacial score (nSPS) is 22.6. The fraction of sp³-hybridized carbons (Fsp3) is 0.900. The van der Waals surface area contributed by atoms with Gasteiger partial charge in [0.05, 0.1) is 6.54 Å². The summed E-state index contributed by atoms with van der Waals surface area (Å²) in [6, 6.07) is 0.431. The van der Waals surface area contributed by atoms with E-state index >= 15 is 0 Å². The molecule has 0 saturated carbocycles. The standard InChI is InChI=1S/C20H40N6O.HI/c1-16(2)13-26-9-5-6-17(14-26)12-23-20(22-4)24-18-7-10-25(11-8-18)15-19(27)21-3;/h16-18H,5-15H2,1-4H3,(H,21,27)(H2,22,23,24);1H. The highest BCUT2D eigenvalue weighted by Gasteiger charge is 2.23. The van der Waals surface area contributed by atoms with Crippen molar-refractivity contribution in [2.24, 2.45) is 16.8 Å². The average Bonchev–Trinajstić information content (AvgIpc) is 2.66. The molecule has 28 heavy (non-hydrogen) atoms. The number of guanidine groups is 1. The van der Waals surface area contributed by atoms with Crippen LogP contribution >= 0.6 is 24.0 Å². The zero-order valence-corrected chi connectivity index (χ0v) is 20.5. The van der Waals surface area contributed by atoms with Crippen LogP contribution in [-0.2, 0) is 4.79 Å². The summed E-state index contributed by atoms with van der Waals surface area (Å²) in [6.45, 7) is 11.6. The molecule has 0 spiro atoms. The number of rotatable bonds is 7. The van der Waals surface area contributed by atoms with Crippen molar-refractivity contribution in [3.63, 3.8) is 0 Å². The number of nitrogens with zero attached hydrogens (tertiary/aromatic N) is 3. The molecule has 2 fully saturated rings. The van der Waals surface area contributed by atoms with Crippen molar-refractivity contribution in [3.8, 4) is 0 Å². The van der Waals surface area contributed by atoms with E-state index in [1.165, 1.54) is 32.5 Å². The SMILES string of the molecule is CN=C(NCC1CCCN(CC(C)C)C1)NC1CCN(CC(=O)NC)CC1.I. The zero-order chi connectivity index (χ0) is 19.6. The molecule has 0 aromatic carbocycles. The van der Waals surface area contributed by atoms with Crippen molar-refractivity contribution in [2.45, 2.75) is 45.6 Å². The second kappa shape index (κ2) is 13.6. The molecule has 0 aliphatic carbocycles. The Morgan fingerprint density at radius 3 is 2.46 bits per heavy atom. The fourth-order valence-corrected chi connectivity index (χ4v) is 4.15. The number of amides is 1. The van der Waals surface area contributed by atoms with Gasteiger partial charge in [-0.25, -0.2) is 0 Å². The Labute approximate surface area is 188 Å². The number of halogens is 1. The Balaban J connectivity index is 0.00000392. The van der Waals surface area contributed by atoms with Gasteiger partial charge in [0.25, 0.3) is 0 Å². The number of hydrogen-bond acceptors (Lipinski definition) is 4. The molecule has 2 aliphatic rings. The first-order chi connectivity index (χ1) is 13.0. The van der Waals surface area contributed by atoms with Crippen LogP contribution in [0.4, 0.5) is 0 Å². The second-order valence-electron chi connectivity index (χ2n) is 8.48. The molecular formula is C20H41IN6O. The van der Waals surface area contributed by atoms with Crippen LogP contribution in [0.5, 0.6) is 0 Å². The van der Waals surface area contributed by atoms with Crippen molar-refractivity contribution in [2.75, 3.05) is 59.9 Å². The van der Waals surface area contributed by atoms with Gasteiger partial charge in [-0.15, -0.1) is 24.0 Å². The van der Waals surface area contributed by atoms with Crippen LogP contribution in [0.25, 0.3) is 0 Å². The minimum absolute atomic E-state index is 0. The highest BCUT2D eigenvalue weighted by Crippen LogP contribution is 2.17. The van der Waals surface area contributed by atoms with Crippen molar-refractivity contribution >= 4 is 35.8 Å². The van der Waals surface area contributed by atoms with Crippen LogP contribution in [0.15, 0.2) is 4.99 Å². The number of likely N-dealkylation sites (N-methyl/N-ethyl adjacent to an activating group) is 1. The van der Waals surface area contributed by atoms with Crippen LogP contribution in [0, 0.1) is 11.8 Å². The number of likely N-dealkylation sites (tertiary alicyclic amines) is 2. The van der Waals surface area contributed by atoms with Gasteiger partial charge in [0.2, 0.25) is 5.91 Å². The summed E-state index contributed by atoms with van der Waals surface area (Å²) in [5, 5.41) is 9.82. The van der Waals surface area contributed by atoms with Crippen molar-refractivity contribution < 1.29 is 4.79 Å². The first-order valence-electron chi connectivity index (χ1n) is 10.6. The Morgan fingerprint density at radius 1 is 1.14 bits per heavy atom. The van der Waals surface area contributed by atoms with Crippen molar-refractivity contribution in [3.05, 3.63) is 0 Å². The molecule has 8 heteroatoms. The topological polar surface area (TPSA) is 72.0 Å². The number of carbonyl (C=O) groups is 1. The molecule has 1 amide bonds. The summed E-state index contributed by atoms with van der Waals surface area (Å²) in [6.07, 6.45) is 4.69. The largest absolute Gasteiger partial charge is 0.358 e. The van der Waals surface area contributed by atoms with Gasteiger partial charge in [-0.3, -0.25) is 14.7 Å². The predicted octanol–water partition coefficient (Wildman–Crippen LogP) is 1.35. The molecule has 0 aromatic rings. The van der Waals surface area contributed by atoms with Gasteiger partial charge in [0.15, 0.2) is 5.96 Å². The van der Waals surface area contributed by atoms with Crippen LogP contribution in [0.3, 0.4) is 0 Å². The van der Waals surface area contributed by atoms with Gasteiger partial charge in [0, 0.05) is 52.9 Å². The zero-order valence-electron chi connectivity index (χ0n) is 18.2. The van der Waals surface area contributed by atoms with Crippen LogP contribution in [0.1, 0.15) is 39.5 Å². The number of aliphatic imine (C=N–C) groups is 1. The predicted molar refractivity (Wildman–Crippen MR) is 127 cm³/mol.